The average Bonchev–Trinajstić information content (AvgIpc) is 3.05. The summed E-state index contributed by atoms with van der Waals surface area (Å²) in [6, 6.07) is 1.86. The number of hydrogen-bond acceptors (Lipinski definition) is 4. The van der Waals surface area contributed by atoms with E-state index >= 15 is 0 Å². The van der Waals surface area contributed by atoms with Gasteiger partial charge < -0.3 is 15.0 Å². The number of carbonyl (C=O) groups is 1. The standard InChI is InChI=1S/C13H18N2O2S.ClH/c1-17-11-3-5-18-12(11)13(16)15-4-2-9-6-14-7-10(9)8-15;/h3,5,9-10,14H,2,4,6-8H2,1H3;1H. The predicted octanol–water partition coefficient (Wildman–Crippen LogP) is 1.86. The molecular weight excluding hydrogens is 284 g/mol. The van der Waals surface area contributed by atoms with E-state index in [1.807, 2.05) is 16.3 Å². The maximum atomic E-state index is 12.5. The molecule has 0 spiro atoms. The number of ether oxygens (including phenoxy) is 1. The molecule has 2 fully saturated rings. The Hall–Kier alpha value is -0.780. The van der Waals surface area contributed by atoms with Crippen molar-refractivity contribution in [2.75, 3.05) is 33.3 Å². The zero-order valence-electron chi connectivity index (χ0n) is 10.9. The monoisotopic (exact) mass is 302 g/mol. The quantitative estimate of drug-likeness (QED) is 0.907. The second-order valence-electron chi connectivity index (χ2n) is 5.04. The van der Waals surface area contributed by atoms with Gasteiger partial charge in [-0.2, -0.15) is 0 Å². The van der Waals surface area contributed by atoms with E-state index in [1.165, 1.54) is 11.3 Å². The predicted molar refractivity (Wildman–Crippen MR) is 78.5 cm³/mol. The summed E-state index contributed by atoms with van der Waals surface area (Å²) in [5, 5.41) is 5.33. The zero-order valence-corrected chi connectivity index (χ0v) is 12.6. The Bertz CT molecular complexity index is 452. The third kappa shape index (κ3) is 2.73. The Morgan fingerprint density at radius 3 is 3.05 bits per heavy atom. The molecule has 0 aromatic carbocycles. The fourth-order valence-electron chi connectivity index (χ4n) is 2.98. The van der Waals surface area contributed by atoms with Crippen molar-refractivity contribution in [2.24, 2.45) is 11.8 Å². The van der Waals surface area contributed by atoms with Crippen LogP contribution in [0.5, 0.6) is 5.75 Å². The number of piperidine rings is 1. The highest BCUT2D eigenvalue weighted by Gasteiger charge is 2.35. The molecule has 2 unspecified atom stereocenters. The number of rotatable bonds is 2. The molecule has 3 rings (SSSR count). The molecule has 106 valence electrons. The van der Waals surface area contributed by atoms with Crippen LogP contribution in [0.3, 0.4) is 0 Å². The van der Waals surface area contributed by atoms with Gasteiger partial charge in [0.25, 0.3) is 5.91 Å². The zero-order chi connectivity index (χ0) is 12.5. The van der Waals surface area contributed by atoms with E-state index in [-0.39, 0.29) is 18.3 Å². The molecule has 0 radical (unpaired) electrons. The van der Waals surface area contributed by atoms with Crippen molar-refractivity contribution in [3.8, 4) is 5.75 Å². The van der Waals surface area contributed by atoms with E-state index in [0.717, 1.165) is 43.4 Å². The summed E-state index contributed by atoms with van der Waals surface area (Å²) >= 11 is 1.47. The molecule has 4 nitrogen and oxygen atoms in total. The van der Waals surface area contributed by atoms with Gasteiger partial charge >= 0.3 is 0 Å². The van der Waals surface area contributed by atoms with E-state index in [9.17, 15) is 4.79 Å². The van der Waals surface area contributed by atoms with Gasteiger partial charge in [-0.3, -0.25) is 4.79 Å². The van der Waals surface area contributed by atoms with Crippen molar-refractivity contribution in [3.05, 3.63) is 16.3 Å². The van der Waals surface area contributed by atoms with E-state index in [4.69, 9.17) is 4.74 Å². The van der Waals surface area contributed by atoms with Crippen LogP contribution in [-0.2, 0) is 0 Å². The van der Waals surface area contributed by atoms with E-state index in [1.54, 1.807) is 7.11 Å². The molecule has 2 aliphatic heterocycles. The molecule has 0 aliphatic carbocycles. The normalized spacial score (nSPS) is 25.6. The van der Waals surface area contributed by atoms with Gasteiger partial charge in [-0.15, -0.1) is 23.7 Å². The highest BCUT2D eigenvalue weighted by molar-refractivity contribution is 7.12. The summed E-state index contributed by atoms with van der Waals surface area (Å²) in [6.07, 6.45) is 1.12. The molecule has 1 aromatic rings. The second kappa shape index (κ2) is 6.11. The lowest BCUT2D eigenvalue weighted by Crippen LogP contribution is -2.43. The maximum Gasteiger partial charge on any atom is 0.267 e. The molecule has 0 bridgehead atoms. The minimum Gasteiger partial charge on any atom is -0.495 e. The van der Waals surface area contributed by atoms with Gasteiger partial charge in [0.05, 0.1) is 7.11 Å². The van der Waals surface area contributed by atoms with Gasteiger partial charge in [0.2, 0.25) is 0 Å². The number of nitrogens with zero attached hydrogens (tertiary/aromatic N) is 1. The number of amides is 1. The van der Waals surface area contributed by atoms with Gasteiger partial charge in [-0.05, 0) is 42.8 Å². The fraction of sp³-hybridized carbons (Fsp3) is 0.615. The lowest BCUT2D eigenvalue weighted by atomic mass is 9.88. The first-order valence-corrected chi connectivity index (χ1v) is 7.29. The van der Waals surface area contributed by atoms with Crippen LogP contribution in [0, 0.1) is 11.8 Å². The highest BCUT2D eigenvalue weighted by atomic mass is 35.5. The number of likely N-dealkylation sites (tertiary alicyclic amines) is 1. The van der Waals surface area contributed by atoms with Crippen molar-refractivity contribution in [1.82, 2.24) is 10.2 Å². The summed E-state index contributed by atoms with van der Waals surface area (Å²) in [5.74, 6) is 2.23. The maximum absolute atomic E-state index is 12.5. The van der Waals surface area contributed by atoms with Crippen LogP contribution >= 0.6 is 23.7 Å². The molecule has 2 aliphatic rings. The third-order valence-corrected chi connectivity index (χ3v) is 4.92. The summed E-state index contributed by atoms with van der Waals surface area (Å²) < 4.78 is 5.23. The lowest BCUT2D eigenvalue weighted by Gasteiger charge is -2.34. The van der Waals surface area contributed by atoms with Gasteiger partial charge in [0.1, 0.15) is 10.6 Å². The molecule has 1 N–H and O–H groups in total. The van der Waals surface area contributed by atoms with Crippen LogP contribution in [-0.4, -0.2) is 44.1 Å². The van der Waals surface area contributed by atoms with Crippen LogP contribution in [0.4, 0.5) is 0 Å². The largest absolute Gasteiger partial charge is 0.495 e. The molecule has 2 atom stereocenters. The highest BCUT2D eigenvalue weighted by Crippen LogP contribution is 2.31. The summed E-state index contributed by atoms with van der Waals surface area (Å²) in [7, 11) is 1.62. The Kier molecular flexibility index (Phi) is 4.71. The Morgan fingerprint density at radius 1 is 1.47 bits per heavy atom. The molecule has 19 heavy (non-hydrogen) atoms. The number of nitrogens with one attached hydrogen (secondary N) is 1. The Balaban J connectivity index is 0.00000133. The van der Waals surface area contributed by atoms with Crippen molar-refractivity contribution >= 4 is 29.7 Å². The SMILES string of the molecule is COc1ccsc1C(=O)N1CCC2CNCC2C1.Cl. The van der Waals surface area contributed by atoms with E-state index < -0.39 is 0 Å². The third-order valence-electron chi connectivity index (χ3n) is 4.03. The molecule has 1 amide bonds. The lowest BCUT2D eigenvalue weighted by molar-refractivity contribution is 0.0644. The number of hydrogen-bond donors (Lipinski definition) is 1. The molecular formula is C13H19ClN2O2S. The average molecular weight is 303 g/mol. The number of thiophene rings is 1. The number of carbonyl (C=O) groups excluding carboxylic acids is 1. The Morgan fingerprint density at radius 2 is 2.26 bits per heavy atom. The molecule has 3 heterocycles. The summed E-state index contributed by atoms with van der Waals surface area (Å²) in [5.41, 5.74) is 0. The minimum absolute atomic E-state index is 0. The smallest absolute Gasteiger partial charge is 0.267 e. The number of fused-ring (bicyclic) bond motifs is 1. The van der Waals surface area contributed by atoms with Gasteiger partial charge in [-0.1, -0.05) is 0 Å². The van der Waals surface area contributed by atoms with Crippen LogP contribution in [0.15, 0.2) is 11.4 Å². The van der Waals surface area contributed by atoms with Crippen molar-refractivity contribution in [1.29, 1.82) is 0 Å². The van der Waals surface area contributed by atoms with Crippen LogP contribution in [0.2, 0.25) is 0 Å². The van der Waals surface area contributed by atoms with E-state index in [2.05, 4.69) is 5.32 Å². The first-order chi connectivity index (χ1) is 8.79. The molecule has 1 aromatic heterocycles. The second-order valence-corrected chi connectivity index (χ2v) is 5.95. The first-order valence-electron chi connectivity index (χ1n) is 6.41. The van der Waals surface area contributed by atoms with Crippen molar-refractivity contribution in [3.63, 3.8) is 0 Å². The Labute approximate surface area is 123 Å². The molecule has 2 saturated heterocycles. The van der Waals surface area contributed by atoms with Crippen LogP contribution in [0.25, 0.3) is 0 Å². The van der Waals surface area contributed by atoms with Gasteiger partial charge in [0.15, 0.2) is 0 Å². The van der Waals surface area contributed by atoms with Crippen molar-refractivity contribution in [2.45, 2.75) is 6.42 Å². The van der Waals surface area contributed by atoms with E-state index in [0.29, 0.717) is 11.7 Å². The van der Waals surface area contributed by atoms with Gasteiger partial charge in [0, 0.05) is 13.1 Å². The first kappa shape index (κ1) is 14.6. The summed E-state index contributed by atoms with van der Waals surface area (Å²) in [4.78, 5) is 15.2. The molecule has 0 saturated carbocycles. The fourth-order valence-corrected chi connectivity index (χ4v) is 3.80. The van der Waals surface area contributed by atoms with Gasteiger partial charge in [-0.25, -0.2) is 0 Å². The van der Waals surface area contributed by atoms with Crippen LogP contribution in [0.1, 0.15) is 16.1 Å². The molecule has 6 heteroatoms. The minimum atomic E-state index is 0. The summed E-state index contributed by atoms with van der Waals surface area (Å²) in [6.45, 7) is 3.94. The van der Waals surface area contributed by atoms with Crippen molar-refractivity contribution < 1.29 is 9.53 Å². The topological polar surface area (TPSA) is 41.6 Å². The number of methoxy groups -OCH3 is 1. The van der Waals surface area contributed by atoms with Crippen LogP contribution < -0.4 is 10.1 Å². The number of halogens is 1.